The van der Waals surface area contributed by atoms with Gasteiger partial charge in [-0.05, 0) is 75.5 Å². The van der Waals surface area contributed by atoms with E-state index in [9.17, 15) is 27.2 Å². The van der Waals surface area contributed by atoms with Gasteiger partial charge in [0, 0.05) is 24.1 Å². The first-order valence-corrected chi connectivity index (χ1v) is 18.4. The third-order valence-corrected chi connectivity index (χ3v) is 12.9. The normalized spacial score (nSPS) is 31.0. The third kappa shape index (κ3) is 6.62. The van der Waals surface area contributed by atoms with Crippen LogP contribution in [0.4, 0.5) is 4.39 Å². The zero-order valence-electron chi connectivity index (χ0n) is 28.0. The number of carbonyl (C=O) groups excluding carboxylic acids is 3. The lowest BCUT2D eigenvalue weighted by atomic mass is 9.88. The van der Waals surface area contributed by atoms with Crippen LogP contribution < -0.4 is 19.5 Å². The van der Waals surface area contributed by atoms with E-state index in [2.05, 4.69) is 28.9 Å². The Morgan fingerprint density at radius 1 is 1.21 bits per heavy atom. The van der Waals surface area contributed by atoms with E-state index in [1.54, 1.807) is 13.0 Å². The fraction of sp³-hybridized carbons (Fsp3) is 0.600. The first-order chi connectivity index (χ1) is 22.8. The van der Waals surface area contributed by atoms with Gasteiger partial charge in [0.05, 0.1) is 30.0 Å². The Kier molecular flexibility index (Phi) is 9.20. The lowest BCUT2D eigenvalue weighted by Crippen LogP contribution is -2.57. The van der Waals surface area contributed by atoms with Gasteiger partial charge in [0.2, 0.25) is 27.7 Å². The Labute approximate surface area is 281 Å². The molecule has 1 saturated heterocycles. The number of methoxy groups -OCH3 is 1. The van der Waals surface area contributed by atoms with Crippen molar-refractivity contribution in [2.75, 3.05) is 13.7 Å². The molecule has 260 valence electrons. The molecular formula is C35H45FN4O7S. The summed E-state index contributed by atoms with van der Waals surface area (Å²) in [6.07, 6.45) is 9.59. The fourth-order valence-corrected chi connectivity index (χ4v) is 8.45. The SMILES string of the molecule is CC[C@H]1CC(=O)N2C[C@H](Oc3ncc(OC)c4ccc(F)cc34)C[C@H]2C(=O)N[C@]2(C(=O)NS(=O)(=O)C3(C)CC3)CC2/C=C\CC[C@@H](C)C1. The first-order valence-electron chi connectivity index (χ1n) is 16.9. The maximum absolute atomic E-state index is 14.3. The highest BCUT2D eigenvalue weighted by Gasteiger charge is 2.63. The first kappa shape index (κ1) is 34.1. The number of ether oxygens (including phenoxy) is 2. The molecule has 3 heterocycles. The minimum absolute atomic E-state index is 0.0860. The molecule has 11 nitrogen and oxygen atoms in total. The van der Waals surface area contributed by atoms with Crippen molar-refractivity contribution in [2.24, 2.45) is 17.8 Å². The number of rotatable bonds is 7. The van der Waals surface area contributed by atoms with Crippen LogP contribution in [-0.4, -0.2) is 72.1 Å². The van der Waals surface area contributed by atoms with E-state index in [1.165, 1.54) is 30.3 Å². The summed E-state index contributed by atoms with van der Waals surface area (Å²) in [4.78, 5) is 47.7. The average Bonchev–Trinajstić information content (AvgIpc) is 3.92. The average molecular weight is 685 g/mol. The molecule has 2 N–H and O–H groups in total. The predicted molar refractivity (Wildman–Crippen MR) is 177 cm³/mol. The van der Waals surface area contributed by atoms with Crippen molar-refractivity contribution in [1.82, 2.24) is 19.9 Å². The Bertz CT molecular complexity index is 1750. The number of pyridine rings is 1. The number of fused-ring (bicyclic) bond motifs is 3. The van der Waals surface area contributed by atoms with Crippen molar-refractivity contribution in [2.45, 2.75) is 101 Å². The maximum Gasteiger partial charge on any atom is 0.259 e. The summed E-state index contributed by atoms with van der Waals surface area (Å²) in [7, 11) is -2.45. The number of aromatic nitrogens is 1. The van der Waals surface area contributed by atoms with Gasteiger partial charge in [0.1, 0.15) is 29.3 Å². The number of allylic oxidation sites excluding steroid dienone is 1. The summed E-state index contributed by atoms with van der Waals surface area (Å²) in [6, 6.07) is 3.22. The highest BCUT2D eigenvalue weighted by atomic mass is 32.2. The smallest absolute Gasteiger partial charge is 0.259 e. The molecule has 6 atom stereocenters. The predicted octanol–water partition coefficient (Wildman–Crippen LogP) is 4.40. The molecule has 4 aliphatic rings. The van der Waals surface area contributed by atoms with E-state index in [4.69, 9.17) is 9.47 Å². The summed E-state index contributed by atoms with van der Waals surface area (Å²) in [6.45, 7) is 5.91. The van der Waals surface area contributed by atoms with Crippen LogP contribution in [0, 0.1) is 23.6 Å². The molecule has 0 radical (unpaired) electrons. The Balaban J connectivity index is 1.30. The van der Waals surface area contributed by atoms with Crippen LogP contribution in [0.5, 0.6) is 11.6 Å². The largest absolute Gasteiger partial charge is 0.494 e. The van der Waals surface area contributed by atoms with Crippen molar-refractivity contribution >= 4 is 38.5 Å². The van der Waals surface area contributed by atoms with E-state index >= 15 is 0 Å². The quantitative estimate of drug-likeness (QED) is 0.409. The van der Waals surface area contributed by atoms with Gasteiger partial charge in [-0.2, -0.15) is 0 Å². The van der Waals surface area contributed by atoms with Crippen LogP contribution in [0.3, 0.4) is 0 Å². The molecule has 1 aromatic carbocycles. The molecule has 3 fully saturated rings. The molecule has 1 unspecified atom stereocenters. The number of hydrogen-bond acceptors (Lipinski definition) is 8. The molecule has 48 heavy (non-hydrogen) atoms. The van der Waals surface area contributed by atoms with E-state index in [0.29, 0.717) is 35.3 Å². The molecule has 2 aliphatic heterocycles. The third-order valence-electron chi connectivity index (χ3n) is 10.7. The number of benzene rings is 1. The monoisotopic (exact) mass is 684 g/mol. The summed E-state index contributed by atoms with van der Waals surface area (Å²) < 4.78 is 53.4. The van der Waals surface area contributed by atoms with Gasteiger partial charge < -0.3 is 19.7 Å². The minimum atomic E-state index is -3.94. The van der Waals surface area contributed by atoms with Gasteiger partial charge in [-0.1, -0.05) is 32.4 Å². The van der Waals surface area contributed by atoms with E-state index < -0.39 is 56.0 Å². The zero-order chi connectivity index (χ0) is 34.4. The van der Waals surface area contributed by atoms with Gasteiger partial charge in [-0.3, -0.25) is 19.1 Å². The van der Waals surface area contributed by atoms with Gasteiger partial charge >= 0.3 is 0 Å². The maximum atomic E-state index is 14.3. The Morgan fingerprint density at radius 2 is 1.98 bits per heavy atom. The van der Waals surface area contributed by atoms with Gasteiger partial charge in [-0.15, -0.1) is 0 Å². The Hall–Kier alpha value is -3.74. The van der Waals surface area contributed by atoms with Crippen LogP contribution in [0.1, 0.15) is 78.6 Å². The van der Waals surface area contributed by atoms with Crippen LogP contribution >= 0.6 is 0 Å². The van der Waals surface area contributed by atoms with E-state index in [-0.39, 0.29) is 43.5 Å². The van der Waals surface area contributed by atoms with E-state index in [0.717, 1.165) is 25.7 Å². The van der Waals surface area contributed by atoms with Crippen LogP contribution in [0.25, 0.3) is 10.8 Å². The highest BCUT2D eigenvalue weighted by Crippen LogP contribution is 2.47. The lowest BCUT2D eigenvalue weighted by molar-refractivity contribution is -0.140. The number of halogens is 1. The molecule has 3 amide bonds. The van der Waals surface area contributed by atoms with E-state index in [1.807, 2.05) is 12.2 Å². The molecule has 1 aromatic heterocycles. The second kappa shape index (κ2) is 12.9. The molecule has 0 bridgehead atoms. The number of sulfonamides is 1. The second-order valence-corrected chi connectivity index (χ2v) is 16.5. The molecule has 2 aromatic rings. The molecule has 13 heteroatoms. The van der Waals surface area contributed by atoms with Crippen LogP contribution in [-0.2, 0) is 24.4 Å². The minimum Gasteiger partial charge on any atom is -0.494 e. The zero-order valence-corrected chi connectivity index (χ0v) is 28.8. The number of amides is 3. The van der Waals surface area contributed by atoms with Crippen LogP contribution in [0.2, 0.25) is 0 Å². The molecule has 6 rings (SSSR count). The number of hydrogen-bond donors (Lipinski definition) is 2. The standard InChI is InChI=1S/C35H45FN4O7S/c1-5-22-14-21(2)8-6-7-9-23-18-35(23,33(43)39-48(44,45)34(3)12-13-34)38-31(42)28-17-25(20-40(28)30(41)15-22)47-32-27-16-24(36)10-11-26(27)29(46-4)19-37-32/h7,9-11,16,19,21-23,25,28H,5-6,8,12-15,17-18,20H2,1-4H3,(H,38,42)(H,39,43)/b9-7-/t21-,22-,23?,25-,28+,35-/m1/s1. The van der Waals surface area contributed by atoms with Crippen LogP contribution in [0.15, 0.2) is 36.5 Å². The fourth-order valence-electron chi connectivity index (χ4n) is 7.14. The summed E-state index contributed by atoms with van der Waals surface area (Å²) in [5.74, 6) is -1.31. The molecular weight excluding hydrogens is 639 g/mol. The Morgan fingerprint density at radius 3 is 2.69 bits per heavy atom. The summed E-state index contributed by atoms with van der Waals surface area (Å²) in [5.41, 5.74) is -1.46. The topological polar surface area (TPSA) is 144 Å². The van der Waals surface area contributed by atoms with Crippen molar-refractivity contribution in [1.29, 1.82) is 0 Å². The number of nitrogens with zero attached hydrogens (tertiary/aromatic N) is 2. The molecule has 0 spiro atoms. The summed E-state index contributed by atoms with van der Waals surface area (Å²) in [5, 5.41) is 3.89. The highest BCUT2D eigenvalue weighted by molar-refractivity contribution is 7.91. The van der Waals surface area contributed by atoms with Gasteiger partial charge in [0.15, 0.2) is 0 Å². The van der Waals surface area contributed by atoms with Crippen molar-refractivity contribution in [3.8, 4) is 11.6 Å². The summed E-state index contributed by atoms with van der Waals surface area (Å²) >= 11 is 0. The lowest BCUT2D eigenvalue weighted by Gasteiger charge is -2.28. The van der Waals surface area contributed by atoms with Crippen molar-refractivity contribution in [3.63, 3.8) is 0 Å². The van der Waals surface area contributed by atoms with Crippen molar-refractivity contribution < 1.29 is 36.7 Å². The number of carbonyl (C=O) groups is 3. The molecule has 2 saturated carbocycles. The van der Waals surface area contributed by atoms with Gasteiger partial charge in [0.25, 0.3) is 5.91 Å². The number of nitrogens with one attached hydrogen (secondary N) is 2. The molecule has 2 aliphatic carbocycles. The van der Waals surface area contributed by atoms with Crippen molar-refractivity contribution in [3.05, 3.63) is 42.4 Å². The van der Waals surface area contributed by atoms with Gasteiger partial charge in [-0.25, -0.2) is 17.8 Å². The second-order valence-electron chi connectivity index (χ2n) is 14.3.